The van der Waals surface area contributed by atoms with E-state index in [1.165, 1.54) is 25.7 Å². The number of nitrogens with two attached hydrogens (primary N) is 1. The van der Waals surface area contributed by atoms with Crippen molar-refractivity contribution in [1.29, 1.82) is 0 Å². The van der Waals surface area contributed by atoms with Crippen LogP contribution in [0, 0.1) is 17.8 Å². The van der Waals surface area contributed by atoms with Crippen molar-refractivity contribution in [3.8, 4) is 0 Å². The predicted molar refractivity (Wildman–Crippen MR) is 60.2 cm³/mol. The molecule has 0 heterocycles. The van der Waals surface area contributed by atoms with Crippen LogP contribution in [0.1, 0.15) is 32.6 Å². The second-order valence-electron chi connectivity index (χ2n) is 5.44. The number of carbonyl (C=O) groups is 1. The summed E-state index contributed by atoms with van der Waals surface area (Å²) in [6, 6.07) is -0.353. The molecule has 86 valence electrons. The topological polar surface area (TPSA) is 46.3 Å². The third kappa shape index (κ3) is 2.17. The molecule has 2 rings (SSSR count). The van der Waals surface area contributed by atoms with Crippen molar-refractivity contribution in [2.75, 3.05) is 13.6 Å². The Labute approximate surface area is 92.0 Å². The third-order valence-corrected chi connectivity index (χ3v) is 4.16. The Morgan fingerprint density at radius 1 is 1.47 bits per heavy atom. The van der Waals surface area contributed by atoms with Crippen LogP contribution in [0.3, 0.4) is 0 Å². The van der Waals surface area contributed by atoms with Gasteiger partial charge in [0.05, 0.1) is 6.04 Å². The maximum atomic E-state index is 11.6. The molecular weight excluding hydrogens is 188 g/mol. The number of hydrogen-bond acceptors (Lipinski definition) is 2. The number of amides is 1. The highest BCUT2D eigenvalue weighted by Gasteiger charge is 2.40. The molecule has 1 amide bonds. The molecule has 2 aliphatic rings. The van der Waals surface area contributed by atoms with Gasteiger partial charge >= 0.3 is 0 Å². The second-order valence-corrected chi connectivity index (χ2v) is 5.44. The van der Waals surface area contributed by atoms with E-state index in [4.69, 9.17) is 5.73 Å². The number of nitrogens with zero attached hydrogens (tertiary/aromatic N) is 1. The summed E-state index contributed by atoms with van der Waals surface area (Å²) in [5.74, 6) is 2.67. The molecule has 15 heavy (non-hydrogen) atoms. The molecule has 0 spiro atoms. The van der Waals surface area contributed by atoms with E-state index in [9.17, 15) is 4.79 Å². The van der Waals surface area contributed by atoms with Gasteiger partial charge in [0.25, 0.3) is 0 Å². The van der Waals surface area contributed by atoms with Gasteiger partial charge in [-0.05, 0) is 43.9 Å². The Bertz CT molecular complexity index is 252. The van der Waals surface area contributed by atoms with Gasteiger partial charge in [0.1, 0.15) is 0 Å². The maximum Gasteiger partial charge on any atom is 0.238 e. The highest BCUT2D eigenvalue weighted by atomic mass is 16.2. The number of fused-ring (bicyclic) bond motifs is 2. The first-order valence-corrected chi connectivity index (χ1v) is 6.08. The molecule has 2 bridgehead atoms. The highest BCUT2D eigenvalue weighted by Crippen LogP contribution is 2.48. The van der Waals surface area contributed by atoms with Crippen LogP contribution in [0.4, 0.5) is 0 Å². The van der Waals surface area contributed by atoms with Crippen LogP contribution >= 0.6 is 0 Å². The predicted octanol–water partition coefficient (Wildman–Crippen LogP) is 1.23. The molecule has 0 aromatic heterocycles. The van der Waals surface area contributed by atoms with Crippen LogP contribution in [0.15, 0.2) is 0 Å². The highest BCUT2D eigenvalue weighted by molar-refractivity contribution is 5.80. The van der Waals surface area contributed by atoms with Crippen molar-refractivity contribution in [2.24, 2.45) is 23.5 Å². The molecule has 0 saturated heterocycles. The van der Waals surface area contributed by atoms with Crippen molar-refractivity contribution in [3.05, 3.63) is 0 Å². The summed E-state index contributed by atoms with van der Waals surface area (Å²) in [5.41, 5.74) is 5.60. The summed E-state index contributed by atoms with van der Waals surface area (Å²) in [4.78, 5) is 13.5. The lowest BCUT2D eigenvalue weighted by Crippen LogP contribution is -2.42. The third-order valence-electron chi connectivity index (χ3n) is 4.16. The molecule has 0 radical (unpaired) electrons. The van der Waals surface area contributed by atoms with E-state index in [0.29, 0.717) is 0 Å². The van der Waals surface area contributed by atoms with Crippen LogP contribution in [-0.2, 0) is 4.79 Å². The molecule has 0 aromatic rings. The molecule has 0 aliphatic heterocycles. The summed E-state index contributed by atoms with van der Waals surface area (Å²) < 4.78 is 0. The lowest BCUT2D eigenvalue weighted by Gasteiger charge is -2.28. The van der Waals surface area contributed by atoms with Crippen LogP contribution in [0.2, 0.25) is 0 Å². The molecule has 0 aromatic carbocycles. The van der Waals surface area contributed by atoms with Gasteiger partial charge in [-0.3, -0.25) is 4.79 Å². The fraction of sp³-hybridized carbons (Fsp3) is 0.917. The van der Waals surface area contributed by atoms with Crippen molar-refractivity contribution in [2.45, 2.75) is 38.6 Å². The Kier molecular flexibility index (Phi) is 3.01. The number of likely N-dealkylation sites (N-methyl/N-ethyl adjacent to an activating group) is 1. The average Bonchev–Trinajstić information content (AvgIpc) is 2.77. The fourth-order valence-electron chi connectivity index (χ4n) is 3.39. The van der Waals surface area contributed by atoms with Gasteiger partial charge in [0.2, 0.25) is 5.91 Å². The van der Waals surface area contributed by atoms with Gasteiger partial charge in [-0.25, -0.2) is 0 Å². The van der Waals surface area contributed by atoms with E-state index in [2.05, 4.69) is 0 Å². The van der Waals surface area contributed by atoms with E-state index in [1.807, 2.05) is 11.9 Å². The number of rotatable bonds is 3. The first kappa shape index (κ1) is 10.9. The van der Waals surface area contributed by atoms with Gasteiger partial charge in [-0.15, -0.1) is 0 Å². The van der Waals surface area contributed by atoms with E-state index in [0.717, 1.165) is 24.3 Å². The second kappa shape index (κ2) is 4.12. The first-order chi connectivity index (χ1) is 7.08. The monoisotopic (exact) mass is 210 g/mol. The van der Waals surface area contributed by atoms with Crippen molar-refractivity contribution >= 4 is 5.91 Å². The van der Waals surface area contributed by atoms with Gasteiger partial charge in [0, 0.05) is 13.6 Å². The number of hydrogen-bond donors (Lipinski definition) is 1. The van der Waals surface area contributed by atoms with Crippen LogP contribution in [0.5, 0.6) is 0 Å². The first-order valence-electron chi connectivity index (χ1n) is 6.08. The van der Waals surface area contributed by atoms with Crippen LogP contribution in [-0.4, -0.2) is 30.4 Å². The summed E-state index contributed by atoms with van der Waals surface area (Å²) in [6.45, 7) is 2.68. The molecule has 2 N–H and O–H groups in total. The largest absolute Gasteiger partial charge is 0.344 e. The quantitative estimate of drug-likeness (QED) is 0.761. The molecule has 4 atom stereocenters. The molecule has 3 heteroatoms. The van der Waals surface area contributed by atoms with Gasteiger partial charge in [-0.2, -0.15) is 0 Å². The van der Waals surface area contributed by atoms with Gasteiger partial charge < -0.3 is 10.6 Å². The van der Waals surface area contributed by atoms with Crippen LogP contribution in [0.25, 0.3) is 0 Å². The molecule has 2 fully saturated rings. The lowest BCUT2D eigenvalue weighted by atomic mass is 9.88. The Hall–Kier alpha value is -0.570. The molecule has 2 saturated carbocycles. The van der Waals surface area contributed by atoms with Gasteiger partial charge in [-0.1, -0.05) is 6.42 Å². The molecular formula is C12H22N2O. The van der Waals surface area contributed by atoms with Crippen molar-refractivity contribution in [1.82, 2.24) is 4.90 Å². The Morgan fingerprint density at radius 2 is 2.20 bits per heavy atom. The van der Waals surface area contributed by atoms with E-state index in [-0.39, 0.29) is 11.9 Å². The van der Waals surface area contributed by atoms with E-state index >= 15 is 0 Å². The molecule has 2 aliphatic carbocycles. The summed E-state index contributed by atoms with van der Waals surface area (Å²) in [7, 11) is 1.89. The minimum atomic E-state index is -0.353. The average molecular weight is 210 g/mol. The normalized spacial score (nSPS) is 35.5. The molecule has 3 nitrogen and oxygen atoms in total. The van der Waals surface area contributed by atoms with Crippen molar-refractivity contribution < 1.29 is 4.79 Å². The Morgan fingerprint density at radius 3 is 2.67 bits per heavy atom. The number of carbonyl (C=O) groups excluding carboxylic acids is 1. The van der Waals surface area contributed by atoms with E-state index in [1.54, 1.807) is 6.92 Å². The van der Waals surface area contributed by atoms with Crippen molar-refractivity contribution in [3.63, 3.8) is 0 Å². The summed E-state index contributed by atoms with van der Waals surface area (Å²) in [6.07, 6.45) is 5.55. The van der Waals surface area contributed by atoms with Crippen LogP contribution < -0.4 is 5.73 Å². The zero-order chi connectivity index (χ0) is 11.0. The standard InChI is InChI=1S/C12H22N2O/c1-8(13)12(15)14(2)7-11-6-9-3-4-10(11)5-9/h8-11H,3-7,13H2,1-2H3/t8-,9?,10?,11?/m1/s1. The fourth-order valence-corrected chi connectivity index (χ4v) is 3.39. The zero-order valence-electron chi connectivity index (χ0n) is 9.78. The molecule has 3 unspecified atom stereocenters. The zero-order valence-corrected chi connectivity index (χ0v) is 9.78. The Balaban J connectivity index is 1.84. The lowest BCUT2D eigenvalue weighted by molar-refractivity contribution is -0.131. The maximum absolute atomic E-state index is 11.6. The minimum absolute atomic E-state index is 0.0813. The van der Waals surface area contributed by atoms with E-state index < -0.39 is 0 Å². The summed E-state index contributed by atoms with van der Waals surface area (Å²) in [5, 5.41) is 0. The smallest absolute Gasteiger partial charge is 0.238 e. The van der Waals surface area contributed by atoms with Gasteiger partial charge in [0.15, 0.2) is 0 Å². The minimum Gasteiger partial charge on any atom is -0.344 e. The summed E-state index contributed by atoms with van der Waals surface area (Å²) >= 11 is 0. The SMILES string of the molecule is C[C@@H](N)C(=O)N(C)CC1CC2CCC1C2.